The van der Waals surface area contributed by atoms with Gasteiger partial charge in [0.2, 0.25) is 0 Å². The van der Waals surface area contributed by atoms with Gasteiger partial charge in [-0.25, -0.2) is 0 Å². The molecule has 0 unspecified atom stereocenters. The van der Waals surface area contributed by atoms with Gasteiger partial charge in [0.05, 0.1) is 6.61 Å². The van der Waals surface area contributed by atoms with Crippen LogP contribution in [0.3, 0.4) is 0 Å². The summed E-state index contributed by atoms with van der Waals surface area (Å²) in [6.07, 6.45) is 2.25. The molecule has 0 aromatic heterocycles. The van der Waals surface area contributed by atoms with Crippen molar-refractivity contribution in [1.82, 2.24) is 0 Å². The highest BCUT2D eigenvalue weighted by Gasteiger charge is 2.06. The van der Waals surface area contributed by atoms with Gasteiger partial charge in [0, 0.05) is 0 Å². The minimum atomic E-state index is 0. The second-order valence-electron chi connectivity index (χ2n) is 5.64. The van der Waals surface area contributed by atoms with E-state index in [0.29, 0.717) is 0 Å². The van der Waals surface area contributed by atoms with E-state index in [4.69, 9.17) is 4.74 Å². The summed E-state index contributed by atoms with van der Waals surface area (Å²) in [5.74, 6) is 0.944. The lowest BCUT2D eigenvalue weighted by Gasteiger charge is -2.11. The molecule has 24 heavy (non-hydrogen) atoms. The van der Waals surface area contributed by atoms with Crippen molar-refractivity contribution >= 4 is 13.5 Å². The van der Waals surface area contributed by atoms with Gasteiger partial charge in [-0.05, 0) is 40.8 Å². The van der Waals surface area contributed by atoms with Crippen LogP contribution in [-0.4, -0.2) is 6.61 Å². The molecule has 0 atom stereocenters. The van der Waals surface area contributed by atoms with Crippen molar-refractivity contribution in [1.29, 1.82) is 0 Å². The highest BCUT2D eigenvalue weighted by Crippen LogP contribution is 2.32. The molecule has 0 N–H and O–H groups in total. The Morgan fingerprint density at radius 3 is 1.79 bits per heavy atom. The maximum Gasteiger partial charge on any atom is 0.119 e. The summed E-state index contributed by atoms with van der Waals surface area (Å²) in [7, 11) is 0. The zero-order valence-electron chi connectivity index (χ0n) is 14.0. The van der Waals surface area contributed by atoms with Crippen molar-refractivity contribution in [3.63, 3.8) is 0 Å². The van der Waals surface area contributed by atoms with Gasteiger partial charge in [0.25, 0.3) is 0 Å². The third-order valence-corrected chi connectivity index (χ3v) is 3.94. The number of benzene rings is 3. The minimum absolute atomic E-state index is 0. The van der Waals surface area contributed by atoms with Crippen LogP contribution < -0.4 is 4.74 Å². The molecule has 0 heterocycles. The van der Waals surface area contributed by atoms with Gasteiger partial charge < -0.3 is 4.74 Å². The quantitative estimate of drug-likeness (QED) is 0.479. The summed E-state index contributed by atoms with van der Waals surface area (Å²) in [4.78, 5) is 0. The molecule has 124 valence electrons. The van der Waals surface area contributed by atoms with Crippen molar-refractivity contribution < 1.29 is 4.74 Å². The maximum atomic E-state index is 5.75. The highest BCUT2D eigenvalue weighted by atomic mass is 32.1. The fourth-order valence-corrected chi connectivity index (χ4v) is 2.67. The van der Waals surface area contributed by atoms with Crippen molar-refractivity contribution in [2.75, 3.05) is 6.61 Å². The van der Waals surface area contributed by atoms with E-state index < -0.39 is 0 Å². The Hall–Kier alpha value is -2.19. The Balaban J connectivity index is 0.00000208. The van der Waals surface area contributed by atoms with Crippen molar-refractivity contribution in [2.24, 2.45) is 0 Å². The third kappa shape index (κ3) is 4.42. The predicted molar refractivity (Wildman–Crippen MR) is 108 cm³/mol. The first kappa shape index (κ1) is 18.2. The lowest BCUT2D eigenvalue weighted by molar-refractivity contribution is 0.309. The molecule has 0 spiro atoms. The van der Waals surface area contributed by atoms with Gasteiger partial charge in [0.1, 0.15) is 5.75 Å². The lowest BCUT2D eigenvalue weighted by Crippen LogP contribution is -1.96. The van der Waals surface area contributed by atoms with E-state index in [-0.39, 0.29) is 13.5 Å². The molecule has 1 nitrogen and oxygen atoms in total. The van der Waals surface area contributed by atoms with E-state index in [0.717, 1.165) is 25.2 Å². The van der Waals surface area contributed by atoms with E-state index in [1.54, 1.807) is 0 Å². The monoisotopic (exact) mass is 336 g/mol. The van der Waals surface area contributed by atoms with Crippen molar-refractivity contribution in [3.8, 4) is 28.0 Å². The average Bonchev–Trinajstić information content (AvgIpc) is 2.63. The van der Waals surface area contributed by atoms with Gasteiger partial charge in [-0.2, -0.15) is 13.5 Å². The van der Waals surface area contributed by atoms with Gasteiger partial charge in [-0.3, -0.25) is 0 Å². The van der Waals surface area contributed by atoms with Crippen LogP contribution in [0.5, 0.6) is 5.75 Å². The summed E-state index contributed by atoms with van der Waals surface area (Å²) >= 11 is 0. The van der Waals surface area contributed by atoms with Gasteiger partial charge in [-0.1, -0.05) is 80.1 Å². The molecular formula is C22H24OS. The van der Waals surface area contributed by atoms with Crippen LogP contribution >= 0.6 is 13.5 Å². The molecule has 3 aromatic carbocycles. The van der Waals surface area contributed by atoms with Gasteiger partial charge >= 0.3 is 0 Å². The van der Waals surface area contributed by atoms with Gasteiger partial charge in [0.15, 0.2) is 0 Å². The van der Waals surface area contributed by atoms with Crippen LogP contribution in [0.25, 0.3) is 22.3 Å². The standard InChI is InChI=1S/C22H22O.H2S/c1-2-3-17-23-20-15-13-19(14-16-20)22-12-8-7-11-21(22)18-9-5-4-6-10-18;/h4-16H,2-3,17H2,1H3;1H2. The molecule has 0 aliphatic heterocycles. The van der Waals surface area contributed by atoms with E-state index >= 15 is 0 Å². The number of ether oxygens (including phenoxy) is 1. The maximum absolute atomic E-state index is 5.75. The predicted octanol–water partition coefficient (Wildman–Crippen LogP) is 6.31. The molecule has 2 heteroatoms. The summed E-state index contributed by atoms with van der Waals surface area (Å²) in [5.41, 5.74) is 4.96. The highest BCUT2D eigenvalue weighted by molar-refractivity contribution is 7.59. The van der Waals surface area contributed by atoms with Crippen molar-refractivity contribution in [3.05, 3.63) is 78.9 Å². The van der Waals surface area contributed by atoms with Crippen LogP contribution in [0.2, 0.25) is 0 Å². The van der Waals surface area contributed by atoms with Crippen LogP contribution in [-0.2, 0) is 0 Å². The Morgan fingerprint density at radius 1 is 0.667 bits per heavy atom. The number of unbranched alkanes of at least 4 members (excludes halogenated alkanes) is 1. The Morgan fingerprint density at radius 2 is 1.21 bits per heavy atom. The fraction of sp³-hybridized carbons (Fsp3) is 0.182. The summed E-state index contributed by atoms with van der Waals surface area (Å²) in [6, 6.07) is 27.5. The van der Waals surface area contributed by atoms with Crippen LogP contribution in [0, 0.1) is 0 Å². The summed E-state index contributed by atoms with van der Waals surface area (Å²) < 4.78 is 5.75. The first-order valence-electron chi connectivity index (χ1n) is 8.26. The normalized spacial score (nSPS) is 10.0. The molecule has 0 radical (unpaired) electrons. The summed E-state index contributed by atoms with van der Waals surface area (Å²) in [6.45, 7) is 2.96. The smallest absolute Gasteiger partial charge is 0.119 e. The summed E-state index contributed by atoms with van der Waals surface area (Å²) in [5, 5.41) is 0. The first-order valence-corrected chi connectivity index (χ1v) is 8.26. The van der Waals surface area contributed by atoms with Crippen LogP contribution in [0.4, 0.5) is 0 Å². The molecule has 0 bridgehead atoms. The van der Waals surface area contributed by atoms with Gasteiger partial charge in [-0.15, -0.1) is 0 Å². The lowest BCUT2D eigenvalue weighted by atomic mass is 9.95. The average molecular weight is 337 g/mol. The third-order valence-electron chi connectivity index (χ3n) is 3.94. The number of rotatable bonds is 6. The Bertz CT molecular complexity index is 735. The topological polar surface area (TPSA) is 9.23 Å². The second kappa shape index (κ2) is 9.19. The molecule has 0 aliphatic rings. The van der Waals surface area contributed by atoms with Crippen LogP contribution in [0.15, 0.2) is 78.9 Å². The Labute approximate surface area is 151 Å². The molecule has 3 aromatic rings. The molecule has 0 aliphatic carbocycles. The fourth-order valence-electron chi connectivity index (χ4n) is 2.67. The first-order chi connectivity index (χ1) is 11.4. The van der Waals surface area contributed by atoms with E-state index in [1.807, 2.05) is 0 Å². The van der Waals surface area contributed by atoms with E-state index in [2.05, 4.69) is 85.8 Å². The molecule has 0 fully saturated rings. The Kier molecular flexibility index (Phi) is 6.95. The number of hydrogen-bond donors (Lipinski definition) is 0. The van der Waals surface area contributed by atoms with Crippen LogP contribution in [0.1, 0.15) is 19.8 Å². The largest absolute Gasteiger partial charge is 0.494 e. The van der Waals surface area contributed by atoms with Crippen molar-refractivity contribution in [2.45, 2.75) is 19.8 Å². The number of hydrogen-bond acceptors (Lipinski definition) is 1. The van der Waals surface area contributed by atoms with E-state index in [9.17, 15) is 0 Å². The molecule has 0 saturated heterocycles. The zero-order chi connectivity index (χ0) is 15.9. The molecular weight excluding hydrogens is 312 g/mol. The second-order valence-corrected chi connectivity index (χ2v) is 5.64. The minimum Gasteiger partial charge on any atom is -0.494 e. The molecule has 0 saturated carbocycles. The zero-order valence-corrected chi connectivity index (χ0v) is 15.0. The van der Waals surface area contributed by atoms with E-state index in [1.165, 1.54) is 22.3 Å². The molecule has 3 rings (SSSR count). The SMILES string of the molecule is CCCCOc1ccc(-c2ccccc2-c2ccccc2)cc1.S. The molecule has 0 amide bonds.